The number of tetrazole rings is 1. The maximum Gasteiger partial charge on any atom is 0.198 e. The number of pyridine rings is 1. The van der Waals surface area contributed by atoms with Crippen LogP contribution in [-0.2, 0) is 13.0 Å². The summed E-state index contributed by atoms with van der Waals surface area (Å²) in [6, 6.07) is 12.4. The number of aromatic amines is 1. The van der Waals surface area contributed by atoms with E-state index < -0.39 is 0 Å². The van der Waals surface area contributed by atoms with Gasteiger partial charge in [-0.25, -0.2) is 14.8 Å². The van der Waals surface area contributed by atoms with E-state index in [0.29, 0.717) is 11.7 Å². The molecule has 0 aliphatic carbocycles. The predicted molar refractivity (Wildman–Crippen MR) is 110 cm³/mol. The first-order chi connectivity index (χ1) is 14.2. The highest BCUT2D eigenvalue weighted by atomic mass is 15.5. The molecule has 0 saturated carbocycles. The molecule has 148 valence electrons. The van der Waals surface area contributed by atoms with Crippen LogP contribution in [0.2, 0.25) is 0 Å². The van der Waals surface area contributed by atoms with Crippen LogP contribution in [0.25, 0.3) is 22.6 Å². The normalized spacial score (nSPS) is 11.3. The van der Waals surface area contributed by atoms with Crippen molar-refractivity contribution < 1.29 is 0 Å². The molecular formula is C21H24N8. The molecule has 0 radical (unpaired) electrons. The standard InChI is InChI=1S/C21H24N8/c1-4-12-29-18(23-20(26-29)14(2)3)13-15-7-9-16(10-8-15)17-6-5-11-22-19(17)21-24-27-28-25-21/h5-11,14H,4,12-13H2,1-3H3,(H,24,25,27,28). The second kappa shape index (κ2) is 8.30. The third kappa shape index (κ3) is 4.06. The quantitative estimate of drug-likeness (QED) is 0.519. The predicted octanol–water partition coefficient (Wildman–Crippen LogP) is 3.64. The number of aryl methyl sites for hydroxylation is 1. The van der Waals surface area contributed by atoms with Crippen molar-refractivity contribution in [1.29, 1.82) is 0 Å². The minimum absolute atomic E-state index is 0.323. The fraction of sp³-hybridized carbons (Fsp3) is 0.333. The number of rotatable bonds is 7. The van der Waals surface area contributed by atoms with Gasteiger partial charge in [0.2, 0.25) is 0 Å². The third-order valence-corrected chi connectivity index (χ3v) is 4.72. The first-order valence-electron chi connectivity index (χ1n) is 9.87. The number of benzene rings is 1. The van der Waals surface area contributed by atoms with Gasteiger partial charge in [0.25, 0.3) is 0 Å². The highest BCUT2D eigenvalue weighted by molar-refractivity contribution is 5.77. The minimum Gasteiger partial charge on any atom is -0.252 e. The summed E-state index contributed by atoms with van der Waals surface area (Å²) in [5.41, 5.74) is 3.97. The third-order valence-electron chi connectivity index (χ3n) is 4.72. The van der Waals surface area contributed by atoms with Crippen LogP contribution < -0.4 is 0 Å². The molecule has 1 N–H and O–H groups in total. The average molecular weight is 388 g/mol. The van der Waals surface area contributed by atoms with E-state index in [9.17, 15) is 0 Å². The Morgan fingerprint density at radius 1 is 1.10 bits per heavy atom. The Bertz CT molecular complexity index is 1060. The van der Waals surface area contributed by atoms with E-state index in [2.05, 4.69) is 75.7 Å². The molecular weight excluding hydrogens is 364 g/mol. The number of hydrogen-bond acceptors (Lipinski definition) is 6. The van der Waals surface area contributed by atoms with Crippen molar-refractivity contribution in [1.82, 2.24) is 40.4 Å². The first kappa shape index (κ1) is 18.9. The topological polar surface area (TPSA) is 98.1 Å². The summed E-state index contributed by atoms with van der Waals surface area (Å²) in [7, 11) is 0. The summed E-state index contributed by atoms with van der Waals surface area (Å²) in [6.07, 6.45) is 3.53. The van der Waals surface area contributed by atoms with Gasteiger partial charge in [0.15, 0.2) is 11.6 Å². The van der Waals surface area contributed by atoms with Gasteiger partial charge in [-0.3, -0.25) is 4.98 Å². The zero-order valence-corrected chi connectivity index (χ0v) is 16.9. The Labute approximate surface area is 169 Å². The highest BCUT2D eigenvalue weighted by Gasteiger charge is 2.14. The molecule has 3 aromatic heterocycles. The van der Waals surface area contributed by atoms with Gasteiger partial charge >= 0.3 is 0 Å². The second-order valence-electron chi connectivity index (χ2n) is 7.29. The SMILES string of the molecule is CCCn1nc(C(C)C)nc1Cc1ccc(-c2cccnc2-c2nnn[nH]2)cc1. The summed E-state index contributed by atoms with van der Waals surface area (Å²) in [6.45, 7) is 7.29. The zero-order valence-electron chi connectivity index (χ0n) is 16.9. The molecule has 0 spiro atoms. The van der Waals surface area contributed by atoms with Crippen molar-refractivity contribution in [2.24, 2.45) is 0 Å². The van der Waals surface area contributed by atoms with E-state index in [1.165, 1.54) is 5.56 Å². The number of H-pyrrole nitrogens is 1. The highest BCUT2D eigenvalue weighted by Crippen LogP contribution is 2.28. The molecule has 0 fully saturated rings. The second-order valence-corrected chi connectivity index (χ2v) is 7.29. The molecule has 8 heteroatoms. The molecule has 4 rings (SSSR count). The van der Waals surface area contributed by atoms with Gasteiger partial charge in [0.1, 0.15) is 11.5 Å². The molecule has 4 aromatic rings. The largest absolute Gasteiger partial charge is 0.252 e. The Balaban J connectivity index is 1.60. The fourth-order valence-corrected chi connectivity index (χ4v) is 3.23. The summed E-state index contributed by atoms with van der Waals surface area (Å²) in [4.78, 5) is 9.21. The maximum absolute atomic E-state index is 4.77. The van der Waals surface area contributed by atoms with Crippen LogP contribution in [0.15, 0.2) is 42.6 Å². The molecule has 3 heterocycles. The Kier molecular flexibility index (Phi) is 5.41. The molecule has 1 aromatic carbocycles. The molecule has 0 bridgehead atoms. The number of aromatic nitrogens is 8. The molecule has 0 unspecified atom stereocenters. The van der Waals surface area contributed by atoms with Crippen molar-refractivity contribution in [3.8, 4) is 22.6 Å². The van der Waals surface area contributed by atoms with Crippen LogP contribution in [0, 0.1) is 0 Å². The van der Waals surface area contributed by atoms with Crippen molar-refractivity contribution in [3.63, 3.8) is 0 Å². The van der Waals surface area contributed by atoms with Crippen molar-refractivity contribution in [3.05, 3.63) is 59.8 Å². The first-order valence-corrected chi connectivity index (χ1v) is 9.87. The summed E-state index contributed by atoms with van der Waals surface area (Å²) in [5.74, 6) is 2.80. The maximum atomic E-state index is 4.77. The lowest BCUT2D eigenvalue weighted by Crippen LogP contribution is -2.06. The monoisotopic (exact) mass is 388 g/mol. The smallest absolute Gasteiger partial charge is 0.198 e. The number of hydrogen-bond donors (Lipinski definition) is 1. The molecule has 8 nitrogen and oxygen atoms in total. The van der Waals surface area contributed by atoms with Crippen LogP contribution in [0.3, 0.4) is 0 Å². The van der Waals surface area contributed by atoms with Crippen LogP contribution in [0.1, 0.15) is 50.3 Å². The van der Waals surface area contributed by atoms with Crippen molar-refractivity contribution in [2.45, 2.75) is 46.1 Å². The molecule has 0 amide bonds. The lowest BCUT2D eigenvalue weighted by molar-refractivity contribution is 0.567. The van der Waals surface area contributed by atoms with Gasteiger partial charge in [0, 0.05) is 30.6 Å². The van der Waals surface area contributed by atoms with Crippen molar-refractivity contribution >= 4 is 0 Å². The van der Waals surface area contributed by atoms with Crippen molar-refractivity contribution in [2.75, 3.05) is 0 Å². The Morgan fingerprint density at radius 3 is 2.62 bits per heavy atom. The van der Waals surface area contributed by atoms with E-state index in [0.717, 1.165) is 47.9 Å². The molecule has 0 atom stereocenters. The van der Waals surface area contributed by atoms with E-state index in [1.807, 2.05) is 16.8 Å². The Hall–Kier alpha value is -3.42. The van der Waals surface area contributed by atoms with E-state index in [4.69, 9.17) is 4.98 Å². The van der Waals surface area contributed by atoms with Crippen LogP contribution in [0.5, 0.6) is 0 Å². The number of nitrogens with zero attached hydrogens (tertiary/aromatic N) is 7. The Morgan fingerprint density at radius 2 is 1.93 bits per heavy atom. The molecule has 0 aliphatic rings. The van der Waals surface area contributed by atoms with Gasteiger partial charge in [0.05, 0.1) is 0 Å². The minimum atomic E-state index is 0.323. The zero-order chi connectivity index (χ0) is 20.2. The summed E-state index contributed by atoms with van der Waals surface area (Å²) < 4.78 is 2.04. The van der Waals surface area contributed by atoms with Gasteiger partial charge in [-0.05, 0) is 34.0 Å². The van der Waals surface area contributed by atoms with Crippen LogP contribution >= 0.6 is 0 Å². The lowest BCUT2D eigenvalue weighted by atomic mass is 10.0. The lowest BCUT2D eigenvalue weighted by Gasteiger charge is -2.08. The number of nitrogens with one attached hydrogen (secondary N) is 1. The van der Waals surface area contributed by atoms with E-state index in [-0.39, 0.29) is 0 Å². The van der Waals surface area contributed by atoms with Gasteiger partial charge < -0.3 is 0 Å². The molecule has 0 aliphatic heterocycles. The van der Waals surface area contributed by atoms with Gasteiger partial charge in [-0.1, -0.05) is 51.1 Å². The molecule has 29 heavy (non-hydrogen) atoms. The fourth-order valence-electron chi connectivity index (χ4n) is 3.23. The summed E-state index contributed by atoms with van der Waals surface area (Å²) in [5, 5.41) is 18.8. The van der Waals surface area contributed by atoms with Gasteiger partial charge in [-0.15, -0.1) is 5.10 Å². The van der Waals surface area contributed by atoms with Gasteiger partial charge in [-0.2, -0.15) is 5.10 Å². The van der Waals surface area contributed by atoms with Crippen LogP contribution in [-0.4, -0.2) is 40.4 Å². The van der Waals surface area contributed by atoms with E-state index >= 15 is 0 Å². The summed E-state index contributed by atoms with van der Waals surface area (Å²) >= 11 is 0. The van der Waals surface area contributed by atoms with Crippen LogP contribution in [0.4, 0.5) is 0 Å². The molecule has 0 saturated heterocycles. The van der Waals surface area contributed by atoms with E-state index in [1.54, 1.807) is 6.20 Å². The average Bonchev–Trinajstić information content (AvgIpc) is 3.40.